The van der Waals surface area contributed by atoms with Gasteiger partial charge < -0.3 is 20.7 Å². The molecule has 0 saturated heterocycles. The first-order valence-corrected chi connectivity index (χ1v) is 7.88. The molecule has 25 heavy (non-hydrogen) atoms. The predicted octanol–water partition coefficient (Wildman–Crippen LogP) is 3.33. The fourth-order valence-corrected chi connectivity index (χ4v) is 2.53. The molecule has 3 N–H and O–H groups in total. The lowest BCUT2D eigenvalue weighted by Crippen LogP contribution is -2.47. The van der Waals surface area contributed by atoms with E-state index in [1.807, 2.05) is 0 Å². The highest BCUT2D eigenvalue weighted by atomic mass is 35.5. The molecular weight excluding hydrogens is 349 g/mol. The van der Waals surface area contributed by atoms with E-state index in [0.29, 0.717) is 27.7 Å². The lowest BCUT2D eigenvalue weighted by molar-refractivity contribution is -0.118. The smallest absolute Gasteiger partial charge is 0.320 e. The molecule has 130 valence electrons. The van der Waals surface area contributed by atoms with Crippen molar-refractivity contribution < 1.29 is 18.7 Å². The lowest BCUT2D eigenvalue weighted by atomic mass is 10.2. The summed E-state index contributed by atoms with van der Waals surface area (Å²) >= 11 is 5.86. The fourth-order valence-electron chi connectivity index (χ4n) is 2.34. The SMILES string of the molecule is O=C(Nc1cccc(Cl)c1)N[C@@H]1COc2cc(CF)ccc2NC1=O. The van der Waals surface area contributed by atoms with Crippen molar-refractivity contribution in [2.24, 2.45) is 0 Å². The van der Waals surface area contributed by atoms with Crippen LogP contribution < -0.4 is 20.7 Å². The standard InChI is InChI=1S/C17H15ClFN3O3/c18-11-2-1-3-12(7-11)20-17(24)22-14-9-25-15-6-10(8-19)4-5-13(15)21-16(14)23/h1-7,14H,8-9H2,(H,21,23)(H2,20,22,24)/t14-/m1/s1. The fraction of sp³-hybridized carbons (Fsp3) is 0.176. The number of fused-ring (bicyclic) bond motifs is 1. The highest BCUT2D eigenvalue weighted by Gasteiger charge is 2.26. The number of amides is 3. The van der Waals surface area contributed by atoms with Gasteiger partial charge in [0, 0.05) is 10.7 Å². The Hall–Kier alpha value is -2.80. The maximum atomic E-state index is 12.7. The van der Waals surface area contributed by atoms with Crippen molar-refractivity contribution in [3.63, 3.8) is 0 Å². The largest absolute Gasteiger partial charge is 0.489 e. The van der Waals surface area contributed by atoms with Crippen molar-refractivity contribution in [3.05, 3.63) is 53.1 Å². The number of urea groups is 1. The zero-order chi connectivity index (χ0) is 17.8. The molecule has 0 saturated carbocycles. The molecule has 0 fully saturated rings. The van der Waals surface area contributed by atoms with Crippen molar-refractivity contribution in [2.75, 3.05) is 17.2 Å². The minimum absolute atomic E-state index is 0.0719. The molecule has 0 spiro atoms. The van der Waals surface area contributed by atoms with E-state index in [1.54, 1.807) is 36.4 Å². The van der Waals surface area contributed by atoms with Gasteiger partial charge in [0.15, 0.2) is 0 Å². The second-order valence-electron chi connectivity index (χ2n) is 5.43. The summed E-state index contributed by atoms with van der Waals surface area (Å²) in [5.41, 5.74) is 1.37. The number of carbonyl (C=O) groups excluding carboxylic acids is 2. The van der Waals surface area contributed by atoms with Crippen LogP contribution in [-0.2, 0) is 11.5 Å². The number of hydrogen-bond acceptors (Lipinski definition) is 3. The Kier molecular flexibility index (Phi) is 5.04. The predicted molar refractivity (Wildman–Crippen MR) is 92.8 cm³/mol. The van der Waals surface area contributed by atoms with Crippen LogP contribution in [0.5, 0.6) is 5.75 Å². The molecule has 1 aliphatic heterocycles. The first-order valence-electron chi connectivity index (χ1n) is 7.51. The molecule has 0 bridgehead atoms. The summed E-state index contributed by atoms with van der Waals surface area (Å²) in [6.07, 6.45) is 0. The Balaban J connectivity index is 1.65. The van der Waals surface area contributed by atoms with Crippen molar-refractivity contribution in [1.82, 2.24) is 5.32 Å². The summed E-state index contributed by atoms with van der Waals surface area (Å²) in [6.45, 7) is -0.703. The molecule has 1 heterocycles. The van der Waals surface area contributed by atoms with Gasteiger partial charge in [-0.2, -0.15) is 0 Å². The minimum atomic E-state index is -0.902. The molecule has 0 radical (unpaired) electrons. The van der Waals surface area contributed by atoms with E-state index in [4.69, 9.17) is 16.3 Å². The molecule has 1 atom stereocenters. The third kappa shape index (κ3) is 4.19. The molecule has 0 unspecified atom stereocenters. The van der Waals surface area contributed by atoms with E-state index < -0.39 is 24.7 Å². The van der Waals surface area contributed by atoms with Crippen LogP contribution in [-0.4, -0.2) is 24.6 Å². The Morgan fingerprint density at radius 2 is 2.16 bits per heavy atom. The Morgan fingerprint density at radius 3 is 2.92 bits per heavy atom. The van der Waals surface area contributed by atoms with E-state index >= 15 is 0 Å². The van der Waals surface area contributed by atoms with Crippen molar-refractivity contribution in [1.29, 1.82) is 0 Å². The lowest BCUT2D eigenvalue weighted by Gasteiger charge is -2.15. The minimum Gasteiger partial charge on any atom is -0.489 e. The van der Waals surface area contributed by atoms with Crippen LogP contribution in [0.4, 0.5) is 20.6 Å². The van der Waals surface area contributed by atoms with Crippen molar-refractivity contribution >= 4 is 34.9 Å². The van der Waals surface area contributed by atoms with Crippen LogP contribution in [0, 0.1) is 0 Å². The second kappa shape index (κ2) is 7.40. The van der Waals surface area contributed by atoms with Crippen molar-refractivity contribution in [3.8, 4) is 5.75 Å². The summed E-state index contributed by atoms with van der Waals surface area (Å²) < 4.78 is 18.3. The van der Waals surface area contributed by atoms with Gasteiger partial charge in [0.2, 0.25) is 0 Å². The number of rotatable bonds is 3. The van der Waals surface area contributed by atoms with Crippen LogP contribution in [0.15, 0.2) is 42.5 Å². The van der Waals surface area contributed by atoms with E-state index in [1.165, 1.54) is 6.07 Å². The van der Waals surface area contributed by atoms with Gasteiger partial charge in [-0.25, -0.2) is 9.18 Å². The van der Waals surface area contributed by atoms with Crippen LogP contribution in [0.25, 0.3) is 0 Å². The van der Waals surface area contributed by atoms with Crippen molar-refractivity contribution in [2.45, 2.75) is 12.7 Å². The number of hydrogen-bond donors (Lipinski definition) is 3. The maximum Gasteiger partial charge on any atom is 0.320 e. The Morgan fingerprint density at radius 1 is 1.32 bits per heavy atom. The summed E-state index contributed by atoms with van der Waals surface area (Å²) in [5, 5.41) is 8.26. The van der Waals surface area contributed by atoms with Gasteiger partial charge in [-0.05, 0) is 35.9 Å². The number of ether oxygens (including phenoxy) is 1. The van der Waals surface area contributed by atoms with Crippen LogP contribution in [0.1, 0.15) is 5.56 Å². The zero-order valence-corrected chi connectivity index (χ0v) is 13.8. The summed E-state index contributed by atoms with van der Waals surface area (Å²) in [7, 11) is 0. The van der Waals surface area contributed by atoms with Gasteiger partial charge in [-0.3, -0.25) is 4.79 Å². The first-order chi connectivity index (χ1) is 12.0. The highest BCUT2D eigenvalue weighted by molar-refractivity contribution is 6.30. The van der Waals surface area contributed by atoms with Crippen LogP contribution in [0.2, 0.25) is 5.02 Å². The number of halogens is 2. The first kappa shape index (κ1) is 17.0. The normalized spacial score (nSPS) is 16.1. The molecule has 8 heteroatoms. The second-order valence-corrected chi connectivity index (χ2v) is 5.86. The Bertz CT molecular complexity index is 815. The van der Waals surface area contributed by atoms with Gasteiger partial charge in [-0.15, -0.1) is 0 Å². The third-order valence-electron chi connectivity index (χ3n) is 3.57. The highest BCUT2D eigenvalue weighted by Crippen LogP contribution is 2.28. The van der Waals surface area contributed by atoms with E-state index in [2.05, 4.69) is 16.0 Å². The number of anilines is 2. The van der Waals surface area contributed by atoms with E-state index in [-0.39, 0.29) is 6.61 Å². The quantitative estimate of drug-likeness (QED) is 0.782. The number of carbonyl (C=O) groups is 2. The van der Waals surface area contributed by atoms with Gasteiger partial charge in [0.1, 0.15) is 25.1 Å². The molecule has 0 aromatic heterocycles. The monoisotopic (exact) mass is 363 g/mol. The number of alkyl halides is 1. The molecule has 3 amide bonds. The maximum absolute atomic E-state index is 12.7. The molecule has 6 nitrogen and oxygen atoms in total. The molecule has 2 aromatic carbocycles. The zero-order valence-electron chi connectivity index (χ0n) is 13.0. The molecule has 2 aromatic rings. The molecule has 3 rings (SSSR count). The molecule has 1 aliphatic rings. The summed E-state index contributed by atoms with van der Waals surface area (Å²) in [5.74, 6) is -0.0592. The molecular formula is C17H15ClFN3O3. The average molecular weight is 364 g/mol. The van der Waals surface area contributed by atoms with E-state index in [9.17, 15) is 14.0 Å². The summed E-state index contributed by atoms with van der Waals surface area (Å²) in [4.78, 5) is 24.3. The number of nitrogens with one attached hydrogen (secondary N) is 3. The van der Waals surface area contributed by atoms with Crippen LogP contribution >= 0.6 is 11.6 Å². The molecule has 0 aliphatic carbocycles. The number of benzene rings is 2. The van der Waals surface area contributed by atoms with Gasteiger partial charge in [0.25, 0.3) is 5.91 Å². The average Bonchev–Trinajstić information content (AvgIpc) is 2.73. The topological polar surface area (TPSA) is 79.5 Å². The van der Waals surface area contributed by atoms with Crippen LogP contribution in [0.3, 0.4) is 0 Å². The van der Waals surface area contributed by atoms with Gasteiger partial charge >= 0.3 is 6.03 Å². The Labute approximate surface area is 148 Å². The van der Waals surface area contributed by atoms with E-state index in [0.717, 1.165) is 0 Å². The third-order valence-corrected chi connectivity index (χ3v) is 3.80. The summed E-state index contributed by atoms with van der Waals surface area (Å²) in [6, 6.07) is 9.80. The van der Waals surface area contributed by atoms with Gasteiger partial charge in [-0.1, -0.05) is 23.7 Å². The van der Waals surface area contributed by atoms with Gasteiger partial charge in [0.05, 0.1) is 5.69 Å².